The molecule has 1 N–H and O–H groups in total. The second-order valence-corrected chi connectivity index (χ2v) is 6.72. The first-order valence-corrected chi connectivity index (χ1v) is 7.41. The average Bonchev–Trinajstić information content (AvgIpc) is 2.37. The molecule has 1 aliphatic rings. The molecule has 1 aliphatic carbocycles. The summed E-state index contributed by atoms with van der Waals surface area (Å²) < 4.78 is -1.05. The van der Waals surface area contributed by atoms with Crippen LogP contribution in [0.25, 0.3) is 0 Å². The van der Waals surface area contributed by atoms with Gasteiger partial charge in [0.25, 0.3) is 0 Å². The Hall–Kier alpha value is -0.900. The fourth-order valence-corrected chi connectivity index (χ4v) is 3.76. The van der Waals surface area contributed by atoms with Crippen molar-refractivity contribution in [3.8, 4) is 0 Å². The Morgan fingerprint density at radius 1 is 1.37 bits per heavy atom. The van der Waals surface area contributed by atoms with Crippen LogP contribution in [0.15, 0.2) is 53.6 Å². The highest BCUT2D eigenvalue weighted by molar-refractivity contribution is 8.01. The molecule has 2 nitrogen and oxygen atoms in total. The number of carbonyl (C=O) groups is 1. The molecule has 0 unspecified atom stereocenters. The summed E-state index contributed by atoms with van der Waals surface area (Å²) in [4.78, 5) is 11.3. The van der Waals surface area contributed by atoms with Crippen molar-refractivity contribution in [2.75, 3.05) is 0 Å². The van der Waals surface area contributed by atoms with Crippen LogP contribution in [0.2, 0.25) is 0 Å². The Bertz CT molecular complexity index is 528. The number of carboxylic acid groups (broad SMARTS) is 1. The number of hydrogen-bond donors (Lipinski definition) is 1. The van der Waals surface area contributed by atoms with Crippen molar-refractivity contribution < 1.29 is 9.90 Å². The smallest absolute Gasteiger partial charge is 0.313 e. The minimum absolute atomic E-state index is 0.466. The molecule has 0 radical (unpaired) electrons. The number of thioether (sulfide) groups is 1. The molecule has 0 aliphatic heterocycles. The number of hydrogen-bond acceptors (Lipinski definition) is 2. The first-order valence-electron chi connectivity index (χ1n) is 5.67. The van der Waals surface area contributed by atoms with Gasteiger partial charge >= 0.3 is 5.97 Å². The highest BCUT2D eigenvalue weighted by Crippen LogP contribution is 2.45. The SMILES string of the molecule is O=C(O)[C@H]1C=CC(Cl)=C[C@@]1(Cl)SCc1ccccc1. The van der Waals surface area contributed by atoms with Gasteiger partial charge in [-0.2, -0.15) is 0 Å². The number of halogens is 2. The molecule has 0 heterocycles. The molecule has 2 rings (SSSR count). The van der Waals surface area contributed by atoms with E-state index in [9.17, 15) is 9.90 Å². The van der Waals surface area contributed by atoms with Crippen molar-refractivity contribution in [1.82, 2.24) is 0 Å². The van der Waals surface area contributed by atoms with Gasteiger partial charge < -0.3 is 5.11 Å². The van der Waals surface area contributed by atoms with Gasteiger partial charge in [0.1, 0.15) is 10.1 Å². The van der Waals surface area contributed by atoms with Crippen LogP contribution in [0, 0.1) is 5.92 Å². The van der Waals surface area contributed by atoms with E-state index in [1.165, 1.54) is 17.8 Å². The summed E-state index contributed by atoms with van der Waals surface area (Å²) >= 11 is 13.8. The summed E-state index contributed by atoms with van der Waals surface area (Å²) in [6.07, 6.45) is 4.71. The Morgan fingerprint density at radius 2 is 2.05 bits per heavy atom. The second-order valence-electron chi connectivity index (χ2n) is 4.18. The topological polar surface area (TPSA) is 37.3 Å². The lowest BCUT2D eigenvalue weighted by Crippen LogP contribution is -2.33. The number of benzene rings is 1. The molecule has 0 amide bonds. The highest BCUT2D eigenvalue weighted by atomic mass is 35.5. The first-order chi connectivity index (χ1) is 9.01. The Kier molecular flexibility index (Phi) is 4.61. The Balaban J connectivity index is 2.15. The fraction of sp³-hybridized carbons (Fsp3) is 0.214. The maximum atomic E-state index is 11.3. The van der Waals surface area contributed by atoms with Gasteiger partial charge in [0.05, 0.1) is 0 Å². The van der Waals surface area contributed by atoms with Gasteiger partial charge in [0.15, 0.2) is 0 Å². The van der Waals surface area contributed by atoms with Crippen LogP contribution >= 0.6 is 35.0 Å². The van der Waals surface area contributed by atoms with Crippen molar-refractivity contribution in [3.63, 3.8) is 0 Å². The van der Waals surface area contributed by atoms with E-state index in [2.05, 4.69) is 0 Å². The Labute approximate surface area is 126 Å². The molecule has 0 fully saturated rings. The Morgan fingerprint density at radius 3 is 2.68 bits per heavy atom. The number of allylic oxidation sites excluding steroid dienone is 2. The number of alkyl halides is 1. The second kappa shape index (κ2) is 6.04. The van der Waals surface area contributed by atoms with E-state index in [0.29, 0.717) is 10.8 Å². The summed E-state index contributed by atoms with van der Waals surface area (Å²) in [6.45, 7) is 0. The highest BCUT2D eigenvalue weighted by Gasteiger charge is 2.41. The van der Waals surface area contributed by atoms with E-state index in [-0.39, 0.29) is 0 Å². The van der Waals surface area contributed by atoms with Crippen LogP contribution in [-0.4, -0.2) is 15.3 Å². The molecule has 19 heavy (non-hydrogen) atoms. The molecule has 0 aromatic heterocycles. The van der Waals surface area contributed by atoms with E-state index in [1.54, 1.807) is 12.2 Å². The summed E-state index contributed by atoms with van der Waals surface area (Å²) in [5.74, 6) is -1.11. The van der Waals surface area contributed by atoms with Crippen LogP contribution in [0.1, 0.15) is 5.56 Å². The van der Waals surface area contributed by atoms with Gasteiger partial charge in [-0.1, -0.05) is 48.0 Å². The van der Waals surface area contributed by atoms with Crippen LogP contribution in [0.4, 0.5) is 0 Å². The van der Waals surface area contributed by atoms with E-state index in [1.807, 2.05) is 30.3 Å². The van der Waals surface area contributed by atoms with E-state index in [0.717, 1.165) is 5.56 Å². The summed E-state index contributed by atoms with van der Waals surface area (Å²) in [5.41, 5.74) is 1.09. The standard InChI is InChI=1S/C14H12Cl2O2S/c15-11-6-7-12(13(17)18)14(16,8-11)19-9-10-4-2-1-3-5-10/h1-8,12H,9H2,(H,17,18)/t12-,14-/m1/s1. The lowest BCUT2D eigenvalue weighted by Gasteiger charge is -2.30. The zero-order valence-corrected chi connectivity index (χ0v) is 12.3. The third kappa shape index (κ3) is 3.56. The third-order valence-electron chi connectivity index (χ3n) is 2.78. The van der Waals surface area contributed by atoms with Crippen LogP contribution in [0.5, 0.6) is 0 Å². The minimum atomic E-state index is -1.05. The molecule has 2 atom stereocenters. The lowest BCUT2D eigenvalue weighted by molar-refractivity contribution is -0.140. The van der Waals surface area contributed by atoms with Crippen LogP contribution < -0.4 is 0 Å². The normalized spacial score (nSPS) is 26.0. The van der Waals surface area contributed by atoms with Gasteiger partial charge in [-0.05, 0) is 17.7 Å². The first kappa shape index (κ1) is 14.5. The van der Waals surface area contributed by atoms with Crippen molar-refractivity contribution in [2.45, 2.75) is 9.96 Å². The van der Waals surface area contributed by atoms with E-state index in [4.69, 9.17) is 23.2 Å². The summed E-state index contributed by atoms with van der Waals surface area (Å²) in [6, 6.07) is 9.77. The van der Waals surface area contributed by atoms with Gasteiger partial charge in [0.2, 0.25) is 0 Å². The minimum Gasteiger partial charge on any atom is -0.481 e. The third-order valence-corrected chi connectivity index (χ3v) is 4.97. The van der Waals surface area contributed by atoms with Crippen LogP contribution in [-0.2, 0) is 10.5 Å². The van der Waals surface area contributed by atoms with Crippen molar-refractivity contribution in [1.29, 1.82) is 0 Å². The molecule has 1 aromatic rings. The molecule has 0 saturated carbocycles. The number of carboxylic acids is 1. The number of rotatable bonds is 4. The van der Waals surface area contributed by atoms with Crippen molar-refractivity contribution in [3.05, 3.63) is 59.2 Å². The van der Waals surface area contributed by atoms with Gasteiger partial charge in [-0.25, -0.2) is 0 Å². The molecule has 0 bridgehead atoms. The molecule has 0 saturated heterocycles. The lowest BCUT2D eigenvalue weighted by atomic mass is 10.00. The van der Waals surface area contributed by atoms with Gasteiger partial charge in [-0.3, -0.25) is 4.79 Å². The fourth-order valence-electron chi connectivity index (χ4n) is 1.80. The van der Waals surface area contributed by atoms with Crippen molar-refractivity contribution >= 4 is 40.9 Å². The molecule has 5 heteroatoms. The summed E-state index contributed by atoms with van der Waals surface area (Å²) in [5, 5.41) is 9.70. The van der Waals surface area contributed by atoms with Crippen molar-refractivity contribution in [2.24, 2.45) is 5.92 Å². The quantitative estimate of drug-likeness (QED) is 0.844. The molecular weight excluding hydrogens is 303 g/mol. The van der Waals surface area contributed by atoms with E-state index < -0.39 is 16.1 Å². The number of aliphatic carboxylic acids is 1. The van der Waals surface area contributed by atoms with Crippen LogP contribution in [0.3, 0.4) is 0 Å². The molecule has 100 valence electrons. The zero-order chi connectivity index (χ0) is 13.9. The van der Waals surface area contributed by atoms with E-state index >= 15 is 0 Å². The van der Waals surface area contributed by atoms with Gasteiger partial charge in [0, 0.05) is 10.8 Å². The average molecular weight is 315 g/mol. The summed E-state index contributed by atoms with van der Waals surface area (Å²) in [7, 11) is 0. The molecule has 1 aromatic carbocycles. The monoisotopic (exact) mass is 314 g/mol. The predicted molar refractivity (Wildman–Crippen MR) is 80.5 cm³/mol. The molecule has 0 spiro atoms. The largest absolute Gasteiger partial charge is 0.481 e. The maximum Gasteiger partial charge on any atom is 0.313 e. The maximum absolute atomic E-state index is 11.3. The zero-order valence-electron chi connectivity index (χ0n) is 9.92. The predicted octanol–water partition coefficient (Wildman–Crippen LogP) is 4.25. The molecular formula is C14H12Cl2O2S. The van der Waals surface area contributed by atoms with Gasteiger partial charge in [-0.15, -0.1) is 23.4 Å².